The zero-order valence-electron chi connectivity index (χ0n) is 20.1. The summed E-state index contributed by atoms with van der Waals surface area (Å²) in [6.45, 7) is 7.11. The Labute approximate surface area is 199 Å². The number of fused-ring (bicyclic) bond motifs is 2. The second kappa shape index (κ2) is 9.15. The Bertz CT molecular complexity index is 1290. The van der Waals surface area contributed by atoms with Gasteiger partial charge in [-0.3, -0.25) is 14.4 Å². The second-order valence-electron chi connectivity index (χ2n) is 9.31. The zero-order valence-corrected chi connectivity index (χ0v) is 20.1. The number of piperazine rings is 1. The second-order valence-corrected chi connectivity index (χ2v) is 9.31. The number of benzene rings is 1. The van der Waals surface area contributed by atoms with Gasteiger partial charge in [0.25, 0.3) is 5.56 Å². The summed E-state index contributed by atoms with van der Waals surface area (Å²) in [6, 6.07) is 13.2. The van der Waals surface area contributed by atoms with Gasteiger partial charge in [0.1, 0.15) is 17.8 Å². The molecule has 0 unspecified atom stereocenters. The maximum atomic E-state index is 12.9. The number of aryl methyl sites for hydroxylation is 1. The number of ether oxygens (including phenoxy) is 1. The van der Waals surface area contributed by atoms with Crippen LogP contribution < -0.4 is 15.2 Å². The van der Waals surface area contributed by atoms with Gasteiger partial charge in [0.2, 0.25) is 0 Å². The number of pyridine rings is 1. The molecule has 4 heterocycles. The molecule has 0 amide bonds. The van der Waals surface area contributed by atoms with Crippen molar-refractivity contribution >= 4 is 16.7 Å². The highest BCUT2D eigenvalue weighted by Gasteiger charge is 2.39. The number of nitriles is 1. The highest BCUT2D eigenvalue weighted by atomic mass is 16.5. The van der Waals surface area contributed by atoms with Crippen LogP contribution in [0.1, 0.15) is 44.7 Å². The molecule has 1 aromatic carbocycles. The minimum atomic E-state index is -0.0531. The van der Waals surface area contributed by atoms with E-state index in [0.29, 0.717) is 12.1 Å². The lowest BCUT2D eigenvalue weighted by Gasteiger charge is -2.51. The van der Waals surface area contributed by atoms with E-state index in [1.807, 2.05) is 6.07 Å². The lowest BCUT2D eigenvalue weighted by molar-refractivity contribution is 0.0667. The van der Waals surface area contributed by atoms with Crippen LogP contribution in [0.3, 0.4) is 0 Å². The van der Waals surface area contributed by atoms with Crippen LogP contribution in [-0.2, 0) is 13.6 Å². The quantitative estimate of drug-likeness (QED) is 0.580. The van der Waals surface area contributed by atoms with Crippen LogP contribution in [0.25, 0.3) is 11.0 Å². The molecule has 0 radical (unpaired) electrons. The van der Waals surface area contributed by atoms with Crippen molar-refractivity contribution in [1.29, 1.82) is 5.26 Å². The Hall–Kier alpha value is -3.31. The van der Waals surface area contributed by atoms with Crippen molar-refractivity contribution in [3.8, 4) is 11.8 Å². The topological polar surface area (TPSA) is 79.3 Å². The molecule has 0 N–H and O–H groups in total. The maximum absolute atomic E-state index is 12.9. The Morgan fingerprint density at radius 3 is 2.74 bits per heavy atom. The lowest BCUT2D eigenvalue weighted by atomic mass is 9.93. The third kappa shape index (κ3) is 3.74. The van der Waals surface area contributed by atoms with E-state index in [1.165, 1.54) is 5.56 Å². The van der Waals surface area contributed by atoms with Crippen LogP contribution in [0.5, 0.6) is 5.75 Å². The zero-order chi connectivity index (χ0) is 23.8. The van der Waals surface area contributed by atoms with Gasteiger partial charge in [-0.1, -0.05) is 32.0 Å². The predicted molar refractivity (Wildman–Crippen MR) is 132 cm³/mol. The summed E-state index contributed by atoms with van der Waals surface area (Å²) in [6.07, 6.45) is 4.77. The summed E-state index contributed by atoms with van der Waals surface area (Å²) in [5, 5.41) is 13.9. The summed E-state index contributed by atoms with van der Waals surface area (Å²) >= 11 is 0. The normalized spacial score (nSPS) is 22.9. The Kier molecular flexibility index (Phi) is 6.05. The van der Waals surface area contributed by atoms with Crippen LogP contribution in [0.4, 0.5) is 5.69 Å². The minimum absolute atomic E-state index is 0.0531. The molecule has 3 atom stereocenters. The van der Waals surface area contributed by atoms with Gasteiger partial charge in [-0.2, -0.15) is 10.4 Å². The third-order valence-corrected chi connectivity index (χ3v) is 7.49. The van der Waals surface area contributed by atoms with Crippen LogP contribution in [-0.4, -0.2) is 51.0 Å². The molecule has 8 nitrogen and oxygen atoms in total. The van der Waals surface area contributed by atoms with Gasteiger partial charge in [0, 0.05) is 56.3 Å². The van der Waals surface area contributed by atoms with Crippen molar-refractivity contribution in [3.05, 3.63) is 52.4 Å². The van der Waals surface area contributed by atoms with Gasteiger partial charge in [-0.05, 0) is 18.9 Å². The van der Waals surface area contributed by atoms with Gasteiger partial charge >= 0.3 is 0 Å². The van der Waals surface area contributed by atoms with Crippen molar-refractivity contribution in [2.75, 3.05) is 24.6 Å². The molecular weight excluding hydrogens is 428 g/mol. The van der Waals surface area contributed by atoms with Gasteiger partial charge in [-0.15, -0.1) is 0 Å². The molecule has 2 aromatic heterocycles. The van der Waals surface area contributed by atoms with Crippen LogP contribution in [0.2, 0.25) is 0 Å². The Balaban J connectivity index is 1.54. The molecule has 1 fully saturated rings. The molecular formula is C26H32N6O2. The smallest absolute Gasteiger partial charge is 0.252 e. The first-order valence-corrected chi connectivity index (χ1v) is 12.2. The fourth-order valence-corrected chi connectivity index (χ4v) is 5.64. The first kappa shape index (κ1) is 22.5. The summed E-state index contributed by atoms with van der Waals surface area (Å²) < 4.78 is 9.19. The van der Waals surface area contributed by atoms with Crippen molar-refractivity contribution < 1.29 is 4.74 Å². The SMILES string of the molecule is CC[C@H]1CN([C@@H]2CCOc3ccccc32)[C@H](CC)CN1c1cc(=O)n(C)c2cn(CC#N)nc12. The van der Waals surface area contributed by atoms with E-state index in [1.54, 1.807) is 28.6 Å². The number of para-hydroxylation sites is 1. The van der Waals surface area contributed by atoms with Crippen molar-refractivity contribution in [2.24, 2.45) is 7.05 Å². The molecule has 0 spiro atoms. The first-order valence-electron chi connectivity index (χ1n) is 12.2. The van der Waals surface area contributed by atoms with Gasteiger partial charge in [-0.25, -0.2) is 0 Å². The van der Waals surface area contributed by atoms with E-state index in [-0.39, 0.29) is 18.1 Å². The summed E-state index contributed by atoms with van der Waals surface area (Å²) in [5.41, 5.74) is 3.66. The number of anilines is 1. The first-order chi connectivity index (χ1) is 16.5. The van der Waals surface area contributed by atoms with Crippen molar-refractivity contribution in [3.63, 3.8) is 0 Å². The van der Waals surface area contributed by atoms with Crippen molar-refractivity contribution in [2.45, 2.75) is 57.8 Å². The van der Waals surface area contributed by atoms with Gasteiger partial charge in [0.15, 0.2) is 0 Å². The number of hydrogen-bond donors (Lipinski definition) is 0. The number of aromatic nitrogens is 3. The highest BCUT2D eigenvalue weighted by Crippen LogP contribution is 2.40. The monoisotopic (exact) mass is 460 g/mol. The largest absolute Gasteiger partial charge is 0.493 e. The number of nitrogens with zero attached hydrogens (tertiary/aromatic N) is 6. The molecule has 1 saturated heterocycles. The third-order valence-electron chi connectivity index (χ3n) is 7.49. The van der Waals surface area contributed by atoms with Gasteiger partial charge in [0.05, 0.1) is 30.1 Å². The van der Waals surface area contributed by atoms with Crippen LogP contribution in [0.15, 0.2) is 41.3 Å². The van der Waals surface area contributed by atoms with E-state index in [0.717, 1.165) is 61.4 Å². The van der Waals surface area contributed by atoms with Crippen molar-refractivity contribution in [1.82, 2.24) is 19.2 Å². The molecule has 0 aliphatic carbocycles. The van der Waals surface area contributed by atoms with E-state index >= 15 is 0 Å². The maximum Gasteiger partial charge on any atom is 0.252 e. The molecule has 8 heteroatoms. The van der Waals surface area contributed by atoms with E-state index in [2.05, 4.69) is 47.9 Å². The fourth-order valence-electron chi connectivity index (χ4n) is 5.64. The van der Waals surface area contributed by atoms with Crippen LogP contribution >= 0.6 is 0 Å². The highest BCUT2D eigenvalue weighted by molar-refractivity contribution is 5.88. The fraction of sp³-hybridized carbons (Fsp3) is 0.500. The van der Waals surface area contributed by atoms with E-state index in [9.17, 15) is 4.79 Å². The molecule has 0 saturated carbocycles. The summed E-state index contributed by atoms with van der Waals surface area (Å²) in [4.78, 5) is 17.9. The molecule has 5 rings (SSSR count). The van der Waals surface area contributed by atoms with E-state index in [4.69, 9.17) is 15.1 Å². The lowest BCUT2D eigenvalue weighted by Crippen LogP contribution is -2.59. The number of hydrogen-bond acceptors (Lipinski definition) is 6. The predicted octanol–water partition coefficient (Wildman–Crippen LogP) is 3.46. The standard InChI is InChI=1S/C26H32N6O2/c1-4-18-16-32(22-14-25(33)29(3)23-17-30(12-11-27)28-26(22)23)19(5-2)15-31(18)21-10-13-34-24-9-7-6-8-20(21)24/h6-9,14,17-19,21H,4-5,10,12-13,15-16H2,1-3H3/t18-,19+,21-/m1/s1. The molecule has 178 valence electrons. The minimum Gasteiger partial charge on any atom is -0.493 e. The van der Waals surface area contributed by atoms with Gasteiger partial charge < -0.3 is 14.2 Å². The number of rotatable bonds is 5. The average molecular weight is 461 g/mol. The molecule has 2 aliphatic heterocycles. The Morgan fingerprint density at radius 1 is 1.18 bits per heavy atom. The molecule has 34 heavy (non-hydrogen) atoms. The molecule has 3 aromatic rings. The van der Waals surface area contributed by atoms with Crippen LogP contribution in [0, 0.1) is 11.3 Å². The summed E-state index contributed by atoms with van der Waals surface area (Å²) in [5.74, 6) is 1.00. The molecule has 0 bridgehead atoms. The Morgan fingerprint density at radius 2 is 1.97 bits per heavy atom. The molecule has 2 aliphatic rings. The van der Waals surface area contributed by atoms with E-state index < -0.39 is 0 Å². The summed E-state index contributed by atoms with van der Waals surface area (Å²) in [7, 11) is 1.76. The average Bonchev–Trinajstić information content (AvgIpc) is 3.29.